The van der Waals surface area contributed by atoms with Gasteiger partial charge in [0.25, 0.3) is 11.4 Å². The number of nitro benzene ring substituents is 2. The first-order chi connectivity index (χ1) is 16.2. The highest BCUT2D eigenvalue weighted by molar-refractivity contribution is 5.66. The second-order valence-electron chi connectivity index (χ2n) is 7.23. The third-order valence-corrected chi connectivity index (χ3v) is 5.03. The molecule has 2 aromatic carbocycles. The molecule has 0 aliphatic rings. The van der Waals surface area contributed by atoms with Crippen LogP contribution in [0.4, 0.5) is 11.4 Å². The lowest BCUT2D eigenvalue weighted by Crippen LogP contribution is -1.98. The van der Waals surface area contributed by atoms with E-state index in [1.807, 2.05) is 0 Å². The molecule has 2 N–H and O–H groups in total. The van der Waals surface area contributed by atoms with Crippen molar-refractivity contribution >= 4 is 11.4 Å². The van der Waals surface area contributed by atoms with E-state index in [9.17, 15) is 30.4 Å². The van der Waals surface area contributed by atoms with Gasteiger partial charge in [0.15, 0.2) is 0 Å². The highest BCUT2D eigenvalue weighted by Crippen LogP contribution is 2.27. The van der Waals surface area contributed by atoms with Crippen LogP contribution in [-0.2, 0) is 27.3 Å². The predicted molar refractivity (Wildman–Crippen MR) is 122 cm³/mol. The molecule has 0 atom stereocenters. The van der Waals surface area contributed by atoms with Crippen molar-refractivity contribution in [3.63, 3.8) is 0 Å². The van der Waals surface area contributed by atoms with E-state index in [1.54, 1.807) is 60.1 Å². The summed E-state index contributed by atoms with van der Waals surface area (Å²) in [5.74, 6) is 0. The quantitative estimate of drug-likeness (QED) is 0.324. The molecule has 0 aliphatic carbocycles. The van der Waals surface area contributed by atoms with Crippen LogP contribution in [0.1, 0.15) is 11.1 Å². The van der Waals surface area contributed by atoms with Crippen LogP contribution in [0.3, 0.4) is 0 Å². The maximum atomic E-state index is 10.6. The maximum absolute atomic E-state index is 10.6. The van der Waals surface area contributed by atoms with E-state index < -0.39 is 9.85 Å². The number of non-ortho nitro benzene ring substituents is 2. The van der Waals surface area contributed by atoms with Crippen LogP contribution in [-0.4, -0.2) is 39.6 Å². The molecule has 34 heavy (non-hydrogen) atoms. The first-order valence-electron chi connectivity index (χ1n) is 10.00. The molecule has 12 heteroatoms. The minimum Gasteiger partial charge on any atom is -0.392 e. The fourth-order valence-electron chi connectivity index (χ4n) is 3.35. The molecule has 2 heterocycles. The fourth-order valence-corrected chi connectivity index (χ4v) is 3.35. The molecule has 0 fully saturated rings. The molecular weight excluding hydrogens is 444 g/mol. The van der Waals surface area contributed by atoms with Crippen LogP contribution >= 0.6 is 0 Å². The first kappa shape index (κ1) is 24.2. The van der Waals surface area contributed by atoms with Gasteiger partial charge >= 0.3 is 0 Å². The van der Waals surface area contributed by atoms with Gasteiger partial charge in [-0.05, 0) is 35.4 Å². The van der Waals surface area contributed by atoms with Crippen molar-refractivity contribution < 1.29 is 20.1 Å². The predicted octanol–water partition coefficient (Wildman–Crippen LogP) is 2.98. The first-order valence-corrected chi connectivity index (χ1v) is 10.00. The van der Waals surface area contributed by atoms with Crippen molar-refractivity contribution in [2.75, 3.05) is 0 Å². The Morgan fingerprint density at radius 1 is 0.853 bits per heavy atom. The lowest BCUT2D eigenvalue weighted by atomic mass is 10.0. The number of aliphatic hydroxyl groups is 2. The van der Waals surface area contributed by atoms with Crippen LogP contribution in [0.5, 0.6) is 0 Å². The molecule has 12 nitrogen and oxygen atoms in total. The number of rotatable bonds is 6. The largest absolute Gasteiger partial charge is 0.392 e. The Morgan fingerprint density at radius 3 is 1.85 bits per heavy atom. The smallest absolute Gasteiger partial charge is 0.269 e. The topological polar surface area (TPSA) is 162 Å². The second kappa shape index (κ2) is 10.5. The van der Waals surface area contributed by atoms with Crippen LogP contribution in [0.2, 0.25) is 0 Å². The molecular formula is C22H22N6O6. The van der Waals surface area contributed by atoms with Crippen molar-refractivity contribution in [1.29, 1.82) is 0 Å². The number of hydrogen-bond donors (Lipinski definition) is 2. The minimum absolute atomic E-state index is 0.0278. The van der Waals surface area contributed by atoms with Crippen molar-refractivity contribution in [2.45, 2.75) is 13.2 Å². The van der Waals surface area contributed by atoms with Crippen molar-refractivity contribution in [1.82, 2.24) is 19.6 Å². The van der Waals surface area contributed by atoms with Crippen LogP contribution < -0.4 is 0 Å². The molecule has 4 rings (SSSR count). The molecule has 176 valence electrons. The second-order valence-corrected chi connectivity index (χ2v) is 7.23. The van der Waals surface area contributed by atoms with Crippen LogP contribution in [0.15, 0.2) is 60.9 Å². The molecule has 0 radical (unpaired) electrons. The molecule has 0 unspecified atom stereocenters. The van der Waals surface area contributed by atoms with Gasteiger partial charge < -0.3 is 10.2 Å². The van der Waals surface area contributed by atoms with E-state index in [2.05, 4.69) is 10.2 Å². The summed E-state index contributed by atoms with van der Waals surface area (Å²) in [6.45, 7) is -0.504. The fraction of sp³-hybridized carbons (Fsp3) is 0.182. The standard InChI is InChI=1S/2C11H11N3O3/c1-13-5-4-11(12-13)10-3-2-9(14(16)17)6-8(10)7-15;1-13-11(4-5-12-13)10-3-2-9(14(16)17)6-8(10)7-15/h2*2-6,15H,7H2,1H3. The molecule has 0 aliphatic heterocycles. The Hall–Kier alpha value is -4.42. The maximum Gasteiger partial charge on any atom is 0.269 e. The van der Waals surface area contributed by atoms with Crippen LogP contribution in [0, 0.1) is 20.2 Å². The van der Waals surface area contributed by atoms with E-state index in [0.29, 0.717) is 22.4 Å². The summed E-state index contributed by atoms with van der Waals surface area (Å²) in [5.41, 5.74) is 3.90. The zero-order chi connectivity index (χ0) is 24.8. The van der Waals surface area contributed by atoms with E-state index in [-0.39, 0.29) is 24.6 Å². The molecule has 0 saturated heterocycles. The molecule has 0 saturated carbocycles. The zero-order valence-corrected chi connectivity index (χ0v) is 18.4. The Balaban J connectivity index is 0.000000191. The number of aliphatic hydroxyl groups excluding tert-OH is 2. The number of hydrogen-bond acceptors (Lipinski definition) is 8. The van der Waals surface area contributed by atoms with Gasteiger partial charge in [0, 0.05) is 61.9 Å². The average Bonchev–Trinajstić information content (AvgIpc) is 3.46. The summed E-state index contributed by atoms with van der Waals surface area (Å²) in [5, 5.41) is 48.0. The highest BCUT2D eigenvalue weighted by Gasteiger charge is 2.14. The van der Waals surface area contributed by atoms with Gasteiger partial charge in [0.2, 0.25) is 0 Å². The summed E-state index contributed by atoms with van der Waals surface area (Å²) in [7, 11) is 3.56. The van der Waals surface area contributed by atoms with E-state index in [0.717, 1.165) is 11.3 Å². The number of aryl methyl sites for hydroxylation is 2. The van der Waals surface area contributed by atoms with Crippen LogP contribution in [0.25, 0.3) is 22.5 Å². The number of aromatic nitrogens is 4. The van der Waals surface area contributed by atoms with Gasteiger partial charge in [0.1, 0.15) is 0 Å². The molecule has 0 amide bonds. The summed E-state index contributed by atoms with van der Waals surface area (Å²) in [6.07, 6.45) is 3.41. The van der Waals surface area contributed by atoms with Gasteiger partial charge in [-0.3, -0.25) is 29.6 Å². The van der Waals surface area contributed by atoms with Gasteiger partial charge in [-0.25, -0.2) is 0 Å². The molecule has 4 aromatic rings. The van der Waals surface area contributed by atoms with Crippen molar-refractivity contribution in [2.24, 2.45) is 14.1 Å². The SMILES string of the molecule is Cn1ccc(-c2ccc([N+](=O)[O-])cc2CO)n1.Cn1nccc1-c1ccc([N+](=O)[O-])cc1CO. The third kappa shape index (κ3) is 5.31. The monoisotopic (exact) mass is 466 g/mol. The lowest BCUT2D eigenvalue weighted by molar-refractivity contribution is -0.385. The summed E-state index contributed by atoms with van der Waals surface area (Å²) in [6, 6.07) is 12.4. The van der Waals surface area contributed by atoms with E-state index in [1.165, 1.54) is 24.3 Å². The zero-order valence-electron chi connectivity index (χ0n) is 18.4. The summed E-state index contributed by atoms with van der Waals surface area (Å²) < 4.78 is 3.29. The van der Waals surface area contributed by atoms with Gasteiger partial charge in [-0.1, -0.05) is 0 Å². The van der Waals surface area contributed by atoms with E-state index >= 15 is 0 Å². The molecule has 0 bridgehead atoms. The normalized spacial score (nSPS) is 10.5. The van der Waals surface area contributed by atoms with Gasteiger partial charge in [-0.15, -0.1) is 0 Å². The van der Waals surface area contributed by atoms with Crippen molar-refractivity contribution in [3.8, 4) is 22.5 Å². The van der Waals surface area contributed by atoms with Gasteiger partial charge in [0.05, 0.1) is 34.4 Å². The third-order valence-electron chi connectivity index (χ3n) is 5.03. The van der Waals surface area contributed by atoms with Gasteiger partial charge in [-0.2, -0.15) is 10.2 Å². The molecule has 0 spiro atoms. The Morgan fingerprint density at radius 2 is 1.41 bits per heavy atom. The minimum atomic E-state index is -0.485. The number of nitrogens with zero attached hydrogens (tertiary/aromatic N) is 6. The lowest BCUT2D eigenvalue weighted by Gasteiger charge is -2.07. The summed E-state index contributed by atoms with van der Waals surface area (Å²) >= 11 is 0. The Labute approximate surface area is 193 Å². The highest BCUT2D eigenvalue weighted by atomic mass is 16.6. The Bertz CT molecular complexity index is 1330. The Kier molecular flexibility index (Phi) is 7.46. The average molecular weight is 466 g/mol. The summed E-state index contributed by atoms with van der Waals surface area (Å²) in [4.78, 5) is 20.3. The number of benzene rings is 2. The number of nitro groups is 2. The molecule has 2 aromatic heterocycles. The van der Waals surface area contributed by atoms with Crippen molar-refractivity contribution in [3.05, 3.63) is 92.3 Å². The van der Waals surface area contributed by atoms with E-state index in [4.69, 9.17) is 0 Å².